The second-order valence-electron chi connectivity index (χ2n) is 4.35. The van der Waals surface area contributed by atoms with Crippen molar-refractivity contribution >= 4 is 5.69 Å². The quantitative estimate of drug-likeness (QED) is 0.906. The van der Waals surface area contributed by atoms with Gasteiger partial charge in [-0.15, -0.1) is 0 Å². The van der Waals surface area contributed by atoms with Crippen LogP contribution in [0.5, 0.6) is 5.75 Å². The highest BCUT2D eigenvalue weighted by molar-refractivity contribution is 5.51. The van der Waals surface area contributed by atoms with Crippen LogP contribution in [0.25, 0.3) is 0 Å². The Morgan fingerprint density at radius 2 is 2.05 bits per heavy atom. The molecular weight excluding hydrogens is 236 g/mol. The molecule has 0 aromatic heterocycles. The summed E-state index contributed by atoms with van der Waals surface area (Å²) in [6.45, 7) is 2.71. The van der Waals surface area contributed by atoms with Gasteiger partial charge < -0.3 is 10.1 Å². The lowest BCUT2D eigenvalue weighted by Crippen LogP contribution is -2.00. The fraction of sp³-hybridized carbons (Fsp3) is 0.188. The second kappa shape index (κ2) is 5.92. The highest BCUT2D eigenvalue weighted by Crippen LogP contribution is 2.21. The summed E-state index contributed by atoms with van der Waals surface area (Å²) >= 11 is 0. The molecule has 0 aliphatic carbocycles. The van der Waals surface area contributed by atoms with Crippen LogP contribution in [-0.4, -0.2) is 7.11 Å². The normalized spacial score (nSPS) is 9.74. The Kier molecular flexibility index (Phi) is 4.04. The molecule has 0 aliphatic heterocycles. The van der Waals surface area contributed by atoms with Gasteiger partial charge in [0.1, 0.15) is 5.75 Å². The van der Waals surface area contributed by atoms with Crippen molar-refractivity contribution < 1.29 is 4.74 Å². The molecule has 0 amide bonds. The third kappa shape index (κ3) is 3.26. The molecule has 0 saturated heterocycles. The van der Waals surface area contributed by atoms with Gasteiger partial charge in [-0.3, -0.25) is 0 Å². The van der Waals surface area contributed by atoms with Gasteiger partial charge in [0, 0.05) is 12.2 Å². The van der Waals surface area contributed by atoms with Gasteiger partial charge >= 0.3 is 0 Å². The molecule has 0 heterocycles. The molecule has 1 N–H and O–H groups in total. The van der Waals surface area contributed by atoms with Crippen LogP contribution < -0.4 is 10.1 Å². The lowest BCUT2D eigenvalue weighted by Gasteiger charge is -2.10. The fourth-order valence-electron chi connectivity index (χ4n) is 1.94. The summed E-state index contributed by atoms with van der Waals surface area (Å²) in [5.74, 6) is 0.886. The smallest absolute Gasteiger partial charge is 0.121 e. The molecule has 0 radical (unpaired) electrons. The van der Waals surface area contributed by atoms with Crippen LogP contribution in [0.4, 0.5) is 5.69 Å². The van der Waals surface area contributed by atoms with Crippen molar-refractivity contribution in [3.8, 4) is 11.8 Å². The predicted molar refractivity (Wildman–Crippen MR) is 76.2 cm³/mol. The van der Waals surface area contributed by atoms with Crippen LogP contribution in [0, 0.1) is 18.3 Å². The van der Waals surface area contributed by atoms with Crippen molar-refractivity contribution in [3.05, 3.63) is 59.2 Å². The van der Waals surface area contributed by atoms with Gasteiger partial charge in [-0.25, -0.2) is 0 Å². The first-order chi connectivity index (χ1) is 9.22. The Morgan fingerprint density at radius 3 is 2.74 bits per heavy atom. The highest BCUT2D eigenvalue weighted by Gasteiger charge is 2.00. The monoisotopic (exact) mass is 252 g/mol. The third-order valence-electron chi connectivity index (χ3n) is 2.95. The number of anilines is 1. The minimum atomic E-state index is 0.685. The van der Waals surface area contributed by atoms with E-state index in [4.69, 9.17) is 10.00 Å². The number of nitriles is 1. The van der Waals surface area contributed by atoms with Gasteiger partial charge in [0.15, 0.2) is 0 Å². The van der Waals surface area contributed by atoms with Gasteiger partial charge in [0.25, 0.3) is 0 Å². The number of hydrogen-bond acceptors (Lipinski definition) is 3. The van der Waals surface area contributed by atoms with E-state index >= 15 is 0 Å². The fourth-order valence-corrected chi connectivity index (χ4v) is 1.94. The van der Waals surface area contributed by atoms with Crippen LogP contribution in [0.2, 0.25) is 0 Å². The van der Waals surface area contributed by atoms with Gasteiger partial charge in [0.2, 0.25) is 0 Å². The molecule has 0 spiro atoms. The largest absolute Gasteiger partial charge is 0.496 e. The Labute approximate surface area is 113 Å². The molecule has 2 aromatic carbocycles. The standard InChI is InChI=1S/C16H16N2O/c1-12-8-15(6-7-16(12)19-2)18-11-14-5-3-4-13(9-14)10-17/h3-9,18H,11H2,1-2H3. The van der Waals surface area contributed by atoms with E-state index in [9.17, 15) is 0 Å². The molecule has 3 heteroatoms. The topological polar surface area (TPSA) is 45.0 Å². The van der Waals surface area contributed by atoms with Crippen LogP contribution >= 0.6 is 0 Å². The summed E-state index contributed by atoms with van der Waals surface area (Å²) in [7, 11) is 1.67. The zero-order valence-electron chi connectivity index (χ0n) is 11.1. The summed E-state index contributed by atoms with van der Waals surface area (Å²) in [6.07, 6.45) is 0. The molecule has 19 heavy (non-hydrogen) atoms. The lowest BCUT2D eigenvalue weighted by molar-refractivity contribution is 0.412. The van der Waals surface area contributed by atoms with Crippen molar-refractivity contribution in [3.63, 3.8) is 0 Å². The van der Waals surface area contributed by atoms with E-state index in [1.54, 1.807) is 13.2 Å². The van der Waals surface area contributed by atoms with Crippen molar-refractivity contribution in [1.82, 2.24) is 0 Å². The van der Waals surface area contributed by atoms with Crippen LogP contribution in [0.3, 0.4) is 0 Å². The Morgan fingerprint density at radius 1 is 1.21 bits per heavy atom. The molecule has 2 aromatic rings. The van der Waals surface area contributed by atoms with E-state index in [1.165, 1.54) is 0 Å². The molecule has 2 rings (SSSR count). The Bertz CT molecular complexity index is 614. The minimum Gasteiger partial charge on any atom is -0.496 e. The Balaban J connectivity index is 2.06. The number of hydrogen-bond donors (Lipinski definition) is 1. The molecule has 0 saturated carbocycles. The van der Waals surface area contributed by atoms with E-state index in [0.717, 1.165) is 22.6 Å². The molecule has 0 fully saturated rings. The van der Waals surface area contributed by atoms with E-state index in [1.807, 2.05) is 43.3 Å². The first-order valence-electron chi connectivity index (χ1n) is 6.10. The maximum absolute atomic E-state index is 8.86. The number of methoxy groups -OCH3 is 1. The number of nitrogens with one attached hydrogen (secondary N) is 1. The average molecular weight is 252 g/mol. The van der Waals surface area contributed by atoms with Gasteiger partial charge in [0.05, 0.1) is 18.7 Å². The van der Waals surface area contributed by atoms with Gasteiger partial charge in [-0.2, -0.15) is 5.26 Å². The molecule has 0 atom stereocenters. The third-order valence-corrected chi connectivity index (χ3v) is 2.95. The predicted octanol–water partition coefficient (Wildman–Crippen LogP) is 3.49. The number of rotatable bonds is 4. The zero-order valence-corrected chi connectivity index (χ0v) is 11.1. The van der Waals surface area contributed by atoms with Crippen LogP contribution in [0.15, 0.2) is 42.5 Å². The summed E-state index contributed by atoms with van der Waals surface area (Å²) in [6, 6.07) is 15.7. The summed E-state index contributed by atoms with van der Waals surface area (Å²) in [5.41, 5.74) is 3.91. The second-order valence-corrected chi connectivity index (χ2v) is 4.35. The van der Waals surface area contributed by atoms with Crippen LogP contribution in [0.1, 0.15) is 16.7 Å². The minimum absolute atomic E-state index is 0.685. The molecule has 0 unspecified atom stereocenters. The van der Waals surface area contributed by atoms with Crippen LogP contribution in [-0.2, 0) is 6.54 Å². The number of ether oxygens (including phenoxy) is 1. The summed E-state index contributed by atoms with van der Waals surface area (Å²) in [4.78, 5) is 0. The molecule has 3 nitrogen and oxygen atoms in total. The van der Waals surface area contributed by atoms with E-state index < -0.39 is 0 Å². The van der Waals surface area contributed by atoms with Crippen molar-refractivity contribution in [2.45, 2.75) is 13.5 Å². The van der Waals surface area contributed by atoms with E-state index in [0.29, 0.717) is 12.1 Å². The molecule has 96 valence electrons. The Hall–Kier alpha value is -2.47. The number of nitrogens with zero attached hydrogens (tertiary/aromatic N) is 1. The highest BCUT2D eigenvalue weighted by atomic mass is 16.5. The zero-order chi connectivity index (χ0) is 13.7. The first-order valence-corrected chi connectivity index (χ1v) is 6.10. The van der Waals surface area contributed by atoms with Gasteiger partial charge in [-0.1, -0.05) is 12.1 Å². The van der Waals surface area contributed by atoms with E-state index in [-0.39, 0.29) is 0 Å². The van der Waals surface area contributed by atoms with Crippen molar-refractivity contribution in [2.75, 3.05) is 12.4 Å². The average Bonchev–Trinajstić information content (AvgIpc) is 2.45. The SMILES string of the molecule is COc1ccc(NCc2cccc(C#N)c2)cc1C. The summed E-state index contributed by atoms with van der Waals surface area (Å²) < 4.78 is 5.23. The maximum Gasteiger partial charge on any atom is 0.121 e. The number of benzene rings is 2. The van der Waals surface area contributed by atoms with E-state index in [2.05, 4.69) is 11.4 Å². The van der Waals surface area contributed by atoms with Crippen molar-refractivity contribution in [2.24, 2.45) is 0 Å². The summed E-state index contributed by atoms with van der Waals surface area (Å²) in [5, 5.41) is 12.2. The van der Waals surface area contributed by atoms with Crippen molar-refractivity contribution in [1.29, 1.82) is 5.26 Å². The molecule has 0 bridgehead atoms. The first kappa shape index (κ1) is 13.0. The maximum atomic E-state index is 8.86. The molecule has 0 aliphatic rings. The molecular formula is C16H16N2O. The number of aryl methyl sites for hydroxylation is 1. The lowest BCUT2D eigenvalue weighted by atomic mass is 10.1. The van der Waals surface area contributed by atoms with Gasteiger partial charge in [-0.05, 0) is 48.4 Å².